The Kier molecular flexibility index (Phi) is 4.52. The largest absolute Gasteiger partial charge is 0.480 e. The van der Waals surface area contributed by atoms with Crippen LogP contribution in [0.15, 0.2) is 11.4 Å². The molecule has 2 heterocycles. The van der Waals surface area contributed by atoms with Gasteiger partial charge < -0.3 is 10.0 Å². The van der Waals surface area contributed by atoms with Gasteiger partial charge in [-0.15, -0.1) is 23.1 Å². The summed E-state index contributed by atoms with van der Waals surface area (Å²) in [5.74, 6) is -0.561. The van der Waals surface area contributed by atoms with Crippen molar-refractivity contribution in [2.75, 3.05) is 5.75 Å². The molecule has 2 unspecified atom stereocenters. The second kappa shape index (κ2) is 5.96. The number of aryl methyl sites for hydroxylation is 1. The van der Waals surface area contributed by atoms with Gasteiger partial charge in [0.15, 0.2) is 0 Å². The molecule has 4 nitrogen and oxygen atoms in total. The first-order chi connectivity index (χ1) is 9.10. The molecule has 0 aromatic carbocycles. The number of hydrogen-bond donors (Lipinski definition) is 1. The highest BCUT2D eigenvalue weighted by Gasteiger charge is 2.41. The maximum atomic E-state index is 12.6. The molecule has 1 amide bonds. The number of thioether (sulfide) groups is 1. The maximum Gasteiger partial charge on any atom is 0.327 e. The van der Waals surface area contributed by atoms with E-state index in [9.17, 15) is 14.7 Å². The third-order valence-electron chi connectivity index (χ3n) is 3.28. The summed E-state index contributed by atoms with van der Waals surface area (Å²) in [6.45, 7) is 3.99. The van der Waals surface area contributed by atoms with E-state index in [1.165, 1.54) is 11.3 Å². The molecule has 1 aliphatic heterocycles. The van der Waals surface area contributed by atoms with Crippen molar-refractivity contribution in [2.45, 2.75) is 38.1 Å². The van der Waals surface area contributed by atoms with Crippen LogP contribution in [0.3, 0.4) is 0 Å². The SMILES string of the molecule is CCc1ccsc1C(=O)N1C(CC)SCC1C(=O)O. The normalized spacial score (nSPS) is 22.7. The van der Waals surface area contributed by atoms with Crippen LogP contribution < -0.4 is 0 Å². The molecule has 1 fully saturated rings. The molecule has 0 saturated carbocycles. The van der Waals surface area contributed by atoms with Gasteiger partial charge in [0.05, 0.1) is 10.3 Å². The molecule has 0 spiro atoms. The smallest absolute Gasteiger partial charge is 0.327 e. The molecule has 1 aliphatic rings. The van der Waals surface area contributed by atoms with E-state index in [0.717, 1.165) is 18.4 Å². The predicted octanol–water partition coefficient (Wildman–Crippen LogP) is 2.69. The van der Waals surface area contributed by atoms with E-state index in [-0.39, 0.29) is 11.3 Å². The number of carbonyl (C=O) groups excluding carboxylic acids is 1. The topological polar surface area (TPSA) is 57.6 Å². The summed E-state index contributed by atoms with van der Waals surface area (Å²) in [5, 5.41) is 11.1. The zero-order chi connectivity index (χ0) is 14.0. The molecular weight excluding hydrogens is 282 g/mol. The van der Waals surface area contributed by atoms with Crippen LogP contribution in [-0.2, 0) is 11.2 Å². The summed E-state index contributed by atoms with van der Waals surface area (Å²) in [7, 11) is 0. The zero-order valence-corrected chi connectivity index (χ0v) is 12.6. The Bertz CT molecular complexity index is 486. The average Bonchev–Trinajstić information content (AvgIpc) is 3.03. The van der Waals surface area contributed by atoms with E-state index in [0.29, 0.717) is 10.6 Å². The van der Waals surface area contributed by atoms with Gasteiger partial charge >= 0.3 is 5.97 Å². The lowest BCUT2D eigenvalue weighted by molar-refractivity contribution is -0.141. The molecule has 2 rings (SSSR count). The van der Waals surface area contributed by atoms with Gasteiger partial charge in [0, 0.05) is 5.75 Å². The van der Waals surface area contributed by atoms with Crippen molar-refractivity contribution in [1.29, 1.82) is 0 Å². The van der Waals surface area contributed by atoms with Gasteiger partial charge in [-0.05, 0) is 29.9 Å². The van der Waals surface area contributed by atoms with Crippen LogP contribution in [0.4, 0.5) is 0 Å². The molecule has 0 aliphatic carbocycles. The highest BCUT2D eigenvalue weighted by molar-refractivity contribution is 8.00. The Morgan fingerprint density at radius 1 is 1.47 bits per heavy atom. The molecule has 1 aromatic rings. The van der Waals surface area contributed by atoms with Crippen molar-refractivity contribution < 1.29 is 14.7 Å². The van der Waals surface area contributed by atoms with Crippen LogP contribution in [0, 0.1) is 0 Å². The van der Waals surface area contributed by atoms with Crippen LogP contribution in [-0.4, -0.2) is 39.1 Å². The summed E-state index contributed by atoms with van der Waals surface area (Å²) in [6.07, 6.45) is 1.56. The molecule has 19 heavy (non-hydrogen) atoms. The fraction of sp³-hybridized carbons (Fsp3) is 0.538. The zero-order valence-electron chi connectivity index (χ0n) is 11.0. The number of rotatable bonds is 4. The Morgan fingerprint density at radius 3 is 2.79 bits per heavy atom. The van der Waals surface area contributed by atoms with Gasteiger partial charge in [0.1, 0.15) is 6.04 Å². The number of nitrogens with zero attached hydrogens (tertiary/aromatic N) is 1. The van der Waals surface area contributed by atoms with Gasteiger partial charge in [-0.25, -0.2) is 4.79 Å². The molecule has 1 N–H and O–H groups in total. The summed E-state index contributed by atoms with van der Waals surface area (Å²) in [6, 6.07) is 1.24. The number of carboxylic acid groups (broad SMARTS) is 1. The van der Waals surface area contributed by atoms with Crippen LogP contribution in [0.5, 0.6) is 0 Å². The van der Waals surface area contributed by atoms with Gasteiger partial charge in [0.2, 0.25) is 0 Å². The van der Waals surface area contributed by atoms with E-state index in [4.69, 9.17) is 0 Å². The van der Waals surface area contributed by atoms with E-state index >= 15 is 0 Å². The molecule has 0 radical (unpaired) electrons. The monoisotopic (exact) mass is 299 g/mol. The Balaban J connectivity index is 2.31. The molecule has 104 valence electrons. The van der Waals surface area contributed by atoms with Gasteiger partial charge in [-0.3, -0.25) is 4.79 Å². The summed E-state index contributed by atoms with van der Waals surface area (Å²) in [4.78, 5) is 26.2. The molecule has 1 aromatic heterocycles. The van der Waals surface area contributed by atoms with Crippen molar-refractivity contribution in [3.05, 3.63) is 21.9 Å². The van der Waals surface area contributed by atoms with Crippen LogP contribution in [0.1, 0.15) is 35.5 Å². The van der Waals surface area contributed by atoms with Crippen LogP contribution in [0.2, 0.25) is 0 Å². The highest BCUT2D eigenvalue weighted by Crippen LogP contribution is 2.34. The number of carboxylic acids is 1. The third-order valence-corrected chi connectivity index (χ3v) is 5.68. The summed E-state index contributed by atoms with van der Waals surface area (Å²) in [5.41, 5.74) is 1.01. The second-order valence-corrected chi connectivity index (χ2v) is 6.52. The number of carbonyl (C=O) groups is 2. The summed E-state index contributed by atoms with van der Waals surface area (Å²) >= 11 is 2.96. The van der Waals surface area contributed by atoms with Crippen molar-refractivity contribution in [3.8, 4) is 0 Å². The number of aliphatic carboxylic acids is 1. The fourth-order valence-electron chi connectivity index (χ4n) is 2.26. The number of amides is 1. The second-order valence-electron chi connectivity index (χ2n) is 4.39. The van der Waals surface area contributed by atoms with Crippen molar-refractivity contribution in [2.24, 2.45) is 0 Å². The first kappa shape index (κ1) is 14.4. The number of thiophene rings is 1. The lowest BCUT2D eigenvalue weighted by Crippen LogP contribution is -2.45. The summed E-state index contributed by atoms with van der Waals surface area (Å²) < 4.78 is 0. The Morgan fingerprint density at radius 2 is 2.21 bits per heavy atom. The first-order valence-corrected chi connectivity index (χ1v) is 8.26. The fourth-order valence-corrected chi connectivity index (χ4v) is 4.54. The van der Waals surface area contributed by atoms with Gasteiger partial charge in [0.25, 0.3) is 5.91 Å². The van der Waals surface area contributed by atoms with Crippen LogP contribution in [0.25, 0.3) is 0 Å². The first-order valence-electron chi connectivity index (χ1n) is 6.33. The molecule has 0 bridgehead atoms. The molecular formula is C13H17NO3S2. The van der Waals surface area contributed by atoms with E-state index in [1.54, 1.807) is 16.7 Å². The quantitative estimate of drug-likeness (QED) is 0.928. The lowest BCUT2D eigenvalue weighted by Gasteiger charge is -2.26. The minimum atomic E-state index is -0.911. The van der Waals surface area contributed by atoms with E-state index < -0.39 is 12.0 Å². The minimum absolute atomic E-state index is 0.0274. The standard InChI is InChI=1S/C13H17NO3S2/c1-3-8-5-6-18-11(8)12(15)14-9(13(16)17)7-19-10(14)4-2/h5-6,9-10H,3-4,7H2,1-2H3,(H,16,17). The van der Waals surface area contributed by atoms with Crippen molar-refractivity contribution in [3.63, 3.8) is 0 Å². The minimum Gasteiger partial charge on any atom is -0.480 e. The van der Waals surface area contributed by atoms with Gasteiger partial charge in [-0.1, -0.05) is 13.8 Å². The van der Waals surface area contributed by atoms with Gasteiger partial charge in [-0.2, -0.15) is 0 Å². The van der Waals surface area contributed by atoms with E-state index in [2.05, 4.69) is 0 Å². The van der Waals surface area contributed by atoms with E-state index in [1.807, 2.05) is 25.3 Å². The van der Waals surface area contributed by atoms with Crippen LogP contribution >= 0.6 is 23.1 Å². The number of hydrogen-bond acceptors (Lipinski definition) is 4. The average molecular weight is 299 g/mol. The Labute approximate surface area is 120 Å². The third kappa shape index (κ3) is 2.65. The van der Waals surface area contributed by atoms with Crippen molar-refractivity contribution >= 4 is 35.0 Å². The lowest BCUT2D eigenvalue weighted by atomic mass is 10.1. The molecule has 1 saturated heterocycles. The molecule has 6 heteroatoms. The maximum absolute atomic E-state index is 12.6. The van der Waals surface area contributed by atoms with Crippen molar-refractivity contribution in [1.82, 2.24) is 4.90 Å². The highest BCUT2D eigenvalue weighted by atomic mass is 32.2. The molecule has 2 atom stereocenters. The Hall–Kier alpha value is -1.01. The predicted molar refractivity (Wildman–Crippen MR) is 77.8 cm³/mol.